The molecule has 0 aliphatic carbocycles. The Kier molecular flexibility index (Phi) is 2.91. The first-order valence-corrected chi connectivity index (χ1v) is 6.15. The standard InChI is InChI=1S/C16H13NO3/c1-19-13-5-2-10(3-6-13)14-9-11-8-12(17)4-7-15(11)20-16(14)18/h2-9H,17H2,1H3. The first-order chi connectivity index (χ1) is 9.67. The first-order valence-electron chi connectivity index (χ1n) is 6.15. The molecule has 0 bridgehead atoms. The number of anilines is 1. The third kappa shape index (κ3) is 2.12. The molecule has 0 unspecified atom stereocenters. The molecule has 0 radical (unpaired) electrons. The summed E-state index contributed by atoms with van der Waals surface area (Å²) in [4.78, 5) is 12.0. The Morgan fingerprint density at radius 3 is 2.50 bits per heavy atom. The van der Waals surface area contributed by atoms with Gasteiger partial charge in [-0.3, -0.25) is 0 Å². The zero-order valence-corrected chi connectivity index (χ0v) is 10.9. The normalized spacial score (nSPS) is 10.7. The van der Waals surface area contributed by atoms with Gasteiger partial charge in [0.05, 0.1) is 12.7 Å². The van der Waals surface area contributed by atoms with Crippen molar-refractivity contribution in [1.29, 1.82) is 0 Å². The lowest BCUT2D eigenvalue weighted by Gasteiger charge is -2.04. The van der Waals surface area contributed by atoms with E-state index < -0.39 is 0 Å². The Morgan fingerprint density at radius 2 is 1.80 bits per heavy atom. The van der Waals surface area contributed by atoms with Gasteiger partial charge in [-0.25, -0.2) is 4.79 Å². The molecular weight excluding hydrogens is 254 g/mol. The summed E-state index contributed by atoms with van der Waals surface area (Å²) in [5.74, 6) is 0.739. The molecule has 2 aromatic carbocycles. The lowest BCUT2D eigenvalue weighted by Crippen LogP contribution is -2.02. The number of rotatable bonds is 2. The lowest BCUT2D eigenvalue weighted by atomic mass is 10.1. The zero-order valence-electron chi connectivity index (χ0n) is 10.9. The maximum Gasteiger partial charge on any atom is 0.344 e. The van der Waals surface area contributed by atoms with E-state index in [9.17, 15) is 4.79 Å². The number of nitrogen functional groups attached to an aromatic ring is 1. The van der Waals surface area contributed by atoms with Gasteiger partial charge in [-0.15, -0.1) is 0 Å². The lowest BCUT2D eigenvalue weighted by molar-refractivity contribution is 0.415. The van der Waals surface area contributed by atoms with Crippen LogP contribution in [0.4, 0.5) is 5.69 Å². The number of hydrogen-bond acceptors (Lipinski definition) is 4. The summed E-state index contributed by atoms with van der Waals surface area (Å²) in [6.45, 7) is 0. The van der Waals surface area contributed by atoms with Crippen LogP contribution in [0.3, 0.4) is 0 Å². The molecule has 1 aromatic heterocycles. The van der Waals surface area contributed by atoms with Gasteiger partial charge in [-0.1, -0.05) is 12.1 Å². The average molecular weight is 267 g/mol. The number of benzene rings is 2. The fraction of sp³-hybridized carbons (Fsp3) is 0.0625. The van der Waals surface area contributed by atoms with Crippen molar-refractivity contribution in [3.05, 3.63) is 59.0 Å². The molecule has 0 saturated carbocycles. The predicted octanol–water partition coefficient (Wildman–Crippen LogP) is 3.05. The number of methoxy groups -OCH3 is 1. The van der Waals surface area contributed by atoms with E-state index in [1.165, 1.54) is 0 Å². The smallest absolute Gasteiger partial charge is 0.344 e. The SMILES string of the molecule is COc1ccc(-c2cc3cc(N)ccc3oc2=O)cc1. The van der Waals surface area contributed by atoms with Gasteiger partial charge >= 0.3 is 5.63 Å². The topological polar surface area (TPSA) is 65.5 Å². The number of ether oxygens (including phenoxy) is 1. The molecular formula is C16H13NO3. The summed E-state index contributed by atoms with van der Waals surface area (Å²) < 4.78 is 10.4. The van der Waals surface area contributed by atoms with Gasteiger partial charge in [-0.05, 0) is 42.0 Å². The maximum absolute atomic E-state index is 12.0. The minimum atomic E-state index is -0.368. The molecule has 1 heterocycles. The number of hydrogen-bond donors (Lipinski definition) is 1. The Morgan fingerprint density at radius 1 is 1.05 bits per heavy atom. The van der Waals surface area contributed by atoms with Crippen LogP contribution in [0.2, 0.25) is 0 Å². The highest BCUT2D eigenvalue weighted by Gasteiger charge is 2.08. The average Bonchev–Trinajstić information content (AvgIpc) is 2.47. The molecule has 100 valence electrons. The van der Waals surface area contributed by atoms with Crippen LogP contribution in [0.1, 0.15) is 0 Å². The van der Waals surface area contributed by atoms with E-state index in [4.69, 9.17) is 14.9 Å². The van der Waals surface area contributed by atoms with E-state index >= 15 is 0 Å². The van der Waals surface area contributed by atoms with Gasteiger partial charge in [0.15, 0.2) is 0 Å². The van der Waals surface area contributed by atoms with E-state index in [0.717, 1.165) is 16.7 Å². The molecule has 0 spiro atoms. The van der Waals surface area contributed by atoms with Crippen molar-refractivity contribution in [3.8, 4) is 16.9 Å². The monoisotopic (exact) mass is 267 g/mol. The zero-order chi connectivity index (χ0) is 14.1. The molecule has 0 aliphatic rings. The minimum absolute atomic E-state index is 0.368. The highest BCUT2D eigenvalue weighted by atomic mass is 16.5. The number of fused-ring (bicyclic) bond motifs is 1. The van der Waals surface area contributed by atoms with Crippen LogP contribution in [0, 0.1) is 0 Å². The van der Waals surface area contributed by atoms with Crippen LogP contribution in [0.25, 0.3) is 22.1 Å². The molecule has 20 heavy (non-hydrogen) atoms. The Bertz CT molecular complexity index is 819. The van der Waals surface area contributed by atoms with Crippen molar-refractivity contribution < 1.29 is 9.15 Å². The molecule has 0 aliphatic heterocycles. The summed E-state index contributed by atoms with van der Waals surface area (Å²) in [5, 5.41) is 0.801. The van der Waals surface area contributed by atoms with Crippen molar-refractivity contribution in [2.45, 2.75) is 0 Å². The van der Waals surface area contributed by atoms with E-state index in [2.05, 4.69) is 0 Å². The maximum atomic E-state index is 12.0. The van der Waals surface area contributed by atoms with Crippen molar-refractivity contribution >= 4 is 16.7 Å². The van der Waals surface area contributed by atoms with Crippen molar-refractivity contribution in [2.75, 3.05) is 12.8 Å². The Hall–Kier alpha value is -2.75. The second-order valence-electron chi connectivity index (χ2n) is 4.47. The van der Waals surface area contributed by atoms with Gasteiger partial charge in [0.25, 0.3) is 0 Å². The van der Waals surface area contributed by atoms with Gasteiger partial charge < -0.3 is 14.9 Å². The number of nitrogens with two attached hydrogens (primary N) is 1. The van der Waals surface area contributed by atoms with Gasteiger partial charge in [0.2, 0.25) is 0 Å². The minimum Gasteiger partial charge on any atom is -0.497 e. The summed E-state index contributed by atoms with van der Waals surface area (Å²) in [5.41, 5.74) is 7.83. The molecule has 3 aromatic rings. The molecule has 0 saturated heterocycles. The van der Waals surface area contributed by atoms with Crippen molar-refractivity contribution in [3.63, 3.8) is 0 Å². The fourth-order valence-electron chi connectivity index (χ4n) is 2.11. The van der Waals surface area contributed by atoms with Crippen LogP contribution < -0.4 is 16.1 Å². The van der Waals surface area contributed by atoms with Crippen LogP contribution in [0.15, 0.2) is 57.7 Å². The van der Waals surface area contributed by atoms with Gasteiger partial charge in [-0.2, -0.15) is 0 Å². The van der Waals surface area contributed by atoms with Gasteiger partial charge in [0.1, 0.15) is 11.3 Å². The van der Waals surface area contributed by atoms with Crippen molar-refractivity contribution in [1.82, 2.24) is 0 Å². The quantitative estimate of drug-likeness (QED) is 0.572. The summed E-state index contributed by atoms with van der Waals surface area (Å²) >= 11 is 0. The van der Waals surface area contributed by atoms with E-state index in [1.54, 1.807) is 43.5 Å². The third-order valence-electron chi connectivity index (χ3n) is 3.16. The molecule has 4 nitrogen and oxygen atoms in total. The van der Waals surface area contributed by atoms with Crippen LogP contribution in [-0.2, 0) is 0 Å². The van der Waals surface area contributed by atoms with Crippen LogP contribution >= 0.6 is 0 Å². The Balaban J connectivity index is 2.19. The molecule has 3 rings (SSSR count). The largest absolute Gasteiger partial charge is 0.497 e. The van der Waals surface area contributed by atoms with Crippen molar-refractivity contribution in [2.24, 2.45) is 0 Å². The molecule has 0 atom stereocenters. The Labute approximate surface area is 115 Å². The highest BCUT2D eigenvalue weighted by molar-refractivity contribution is 5.84. The summed E-state index contributed by atoms with van der Waals surface area (Å²) in [6.07, 6.45) is 0. The predicted molar refractivity (Wildman–Crippen MR) is 78.9 cm³/mol. The molecule has 0 amide bonds. The van der Waals surface area contributed by atoms with Crippen LogP contribution in [-0.4, -0.2) is 7.11 Å². The second kappa shape index (κ2) is 4.74. The molecule has 0 fully saturated rings. The first kappa shape index (κ1) is 12.3. The van der Waals surface area contributed by atoms with E-state index in [0.29, 0.717) is 16.8 Å². The molecule has 4 heteroatoms. The molecule has 2 N–H and O–H groups in total. The second-order valence-corrected chi connectivity index (χ2v) is 4.47. The van der Waals surface area contributed by atoms with E-state index in [1.807, 2.05) is 12.1 Å². The van der Waals surface area contributed by atoms with Gasteiger partial charge in [0, 0.05) is 11.1 Å². The summed E-state index contributed by atoms with van der Waals surface area (Å²) in [6, 6.07) is 14.2. The van der Waals surface area contributed by atoms with E-state index in [-0.39, 0.29) is 5.63 Å². The highest BCUT2D eigenvalue weighted by Crippen LogP contribution is 2.24. The third-order valence-corrected chi connectivity index (χ3v) is 3.16. The van der Waals surface area contributed by atoms with Crippen LogP contribution in [0.5, 0.6) is 5.75 Å². The fourth-order valence-corrected chi connectivity index (χ4v) is 2.11. The summed E-state index contributed by atoms with van der Waals surface area (Å²) in [7, 11) is 1.60.